The maximum atomic E-state index is 12.8. The number of ether oxygens (including phenoxy) is 1. The molecular weight excluding hydrogens is 367 g/mol. The molecule has 6 nitrogen and oxygen atoms in total. The minimum absolute atomic E-state index is 0.198. The number of nitrogens with one attached hydrogen (secondary N) is 1. The average Bonchev–Trinajstić information content (AvgIpc) is 2.55. The SMILES string of the molecule is CCC(C)OC(=O)CC1C(=O)NCCN1C(=O)c1cc(Cl)cc(Cl)c1. The molecule has 1 aromatic carbocycles. The quantitative estimate of drug-likeness (QED) is 0.789. The summed E-state index contributed by atoms with van der Waals surface area (Å²) in [7, 11) is 0. The number of nitrogens with zero attached hydrogens (tertiary/aromatic N) is 1. The molecule has 1 aromatic rings. The topological polar surface area (TPSA) is 75.7 Å². The fourth-order valence-corrected chi connectivity index (χ4v) is 3.04. The molecule has 1 saturated heterocycles. The van der Waals surface area contributed by atoms with E-state index < -0.39 is 17.9 Å². The van der Waals surface area contributed by atoms with E-state index in [4.69, 9.17) is 27.9 Å². The number of halogens is 2. The van der Waals surface area contributed by atoms with Crippen molar-refractivity contribution < 1.29 is 19.1 Å². The molecule has 1 aliphatic rings. The first-order chi connectivity index (χ1) is 11.8. The maximum Gasteiger partial charge on any atom is 0.308 e. The minimum atomic E-state index is -0.921. The highest BCUT2D eigenvalue weighted by Gasteiger charge is 2.36. The molecule has 136 valence electrons. The first-order valence-electron chi connectivity index (χ1n) is 8.06. The van der Waals surface area contributed by atoms with Crippen LogP contribution in [0.2, 0.25) is 10.0 Å². The Labute approximate surface area is 156 Å². The predicted molar refractivity (Wildman–Crippen MR) is 94.8 cm³/mol. The number of benzene rings is 1. The lowest BCUT2D eigenvalue weighted by molar-refractivity contribution is -0.151. The molecule has 1 aliphatic heterocycles. The highest BCUT2D eigenvalue weighted by molar-refractivity contribution is 6.35. The van der Waals surface area contributed by atoms with Crippen LogP contribution in [0, 0.1) is 0 Å². The van der Waals surface area contributed by atoms with E-state index in [-0.39, 0.29) is 30.5 Å². The number of piperazine rings is 1. The van der Waals surface area contributed by atoms with Gasteiger partial charge in [-0.2, -0.15) is 0 Å². The van der Waals surface area contributed by atoms with Gasteiger partial charge in [0, 0.05) is 28.7 Å². The number of esters is 1. The summed E-state index contributed by atoms with van der Waals surface area (Å²) in [5.41, 5.74) is 0.271. The summed E-state index contributed by atoms with van der Waals surface area (Å²) < 4.78 is 5.22. The summed E-state index contributed by atoms with van der Waals surface area (Å²) in [5.74, 6) is -1.30. The molecule has 0 aromatic heterocycles. The molecule has 25 heavy (non-hydrogen) atoms. The Hall–Kier alpha value is -1.79. The molecule has 0 radical (unpaired) electrons. The predicted octanol–water partition coefficient (Wildman–Crippen LogP) is 2.67. The molecule has 1 N–H and O–H groups in total. The van der Waals surface area contributed by atoms with Crippen LogP contribution in [-0.4, -0.2) is 47.9 Å². The van der Waals surface area contributed by atoms with Gasteiger partial charge in [-0.1, -0.05) is 30.1 Å². The van der Waals surface area contributed by atoms with Gasteiger partial charge in [0.1, 0.15) is 6.04 Å². The maximum absolute atomic E-state index is 12.8. The van der Waals surface area contributed by atoms with Gasteiger partial charge in [-0.15, -0.1) is 0 Å². The van der Waals surface area contributed by atoms with Crippen LogP contribution in [0.25, 0.3) is 0 Å². The highest BCUT2D eigenvalue weighted by atomic mass is 35.5. The van der Waals surface area contributed by atoms with E-state index in [2.05, 4.69) is 5.32 Å². The normalized spacial score (nSPS) is 18.5. The van der Waals surface area contributed by atoms with E-state index in [1.807, 2.05) is 6.92 Å². The molecule has 0 saturated carbocycles. The third kappa shape index (κ3) is 5.09. The molecule has 2 rings (SSSR count). The Kier molecular flexibility index (Phi) is 6.67. The lowest BCUT2D eigenvalue weighted by Crippen LogP contribution is -2.57. The van der Waals surface area contributed by atoms with Crippen LogP contribution in [0.5, 0.6) is 0 Å². The first kappa shape index (κ1) is 19.5. The van der Waals surface area contributed by atoms with Crippen molar-refractivity contribution in [2.24, 2.45) is 0 Å². The molecule has 8 heteroatoms. The number of carbonyl (C=O) groups is 3. The van der Waals surface area contributed by atoms with Crippen molar-refractivity contribution in [3.8, 4) is 0 Å². The summed E-state index contributed by atoms with van der Waals surface area (Å²) in [5, 5.41) is 3.32. The van der Waals surface area contributed by atoms with E-state index in [1.54, 1.807) is 6.92 Å². The molecule has 2 amide bonds. The zero-order valence-electron chi connectivity index (χ0n) is 14.1. The zero-order valence-corrected chi connectivity index (χ0v) is 15.6. The fraction of sp³-hybridized carbons (Fsp3) is 0.471. The number of rotatable bonds is 5. The van der Waals surface area contributed by atoms with Crippen LogP contribution >= 0.6 is 23.2 Å². The first-order valence-corrected chi connectivity index (χ1v) is 8.81. The summed E-state index contributed by atoms with van der Waals surface area (Å²) in [6.07, 6.45) is 0.234. The van der Waals surface area contributed by atoms with Gasteiger partial charge in [-0.25, -0.2) is 0 Å². The summed E-state index contributed by atoms with van der Waals surface area (Å²) >= 11 is 11.9. The lowest BCUT2D eigenvalue weighted by Gasteiger charge is -2.34. The van der Waals surface area contributed by atoms with Crippen LogP contribution in [0.1, 0.15) is 37.0 Å². The van der Waals surface area contributed by atoms with Gasteiger partial charge in [-0.05, 0) is 31.5 Å². The Morgan fingerprint density at radius 2 is 1.96 bits per heavy atom. The molecule has 2 unspecified atom stereocenters. The van der Waals surface area contributed by atoms with E-state index >= 15 is 0 Å². The Morgan fingerprint density at radius 3 is 2.56 bits per heavy atom. The standard InChI is InChI=1S/C17H20Cl2N2O4/c1-3-10(2)25-15(22)9-14-16(23)20-4-5-21(14)17(24)11-6-12(18)8-13(19)7-11/h6-8,10,14H,3-5,9H2,1-2H3,(H,20,23). The zero-order chi connectivity index (χ0) is 18.6. The van der Waals surface area contributed by atoms with Crippen LogP contribution in [0.4, 0.5) is 0 Å². The van der Waals surface area contributed by atoms with Gasteiger partial charge in [0.25, 0.3) is 5.91 Å². The number of amides is 2. The summed E-state index contributed by atoms with van der Waals surface area (Å²) in [4.78, 5) is 38.4. The number of hydrogen-bond donors (Lipinski definition) is 1. The van der Waals surface area contributed by atoms with Crippen molar-refractivity contribution in [2.75, 3.05) is 13.1 Å². The smallest absolute Gasteiger partial charge is 0.308 e. The second-order valence-electron chi connectivity index (χ2n) is 5.88. The molecule has 0 spiro atoms. The summed E-state index contributed by atoms with van der Waals surface area (Å²) in [6.45, 7) is 4.27. The van der Waals surface area contributed by atoms with Crippen LogP contribution in [0.3, 0.4) is 0 Å². The Balaban J connectivity index is 2.19. The van der Waals surface area contributed by atoms with Crippen LogP contribution < -0.4 is 5.32 Å². The van der Waals surface area contributed by atoms with Gasteiger partial charge in [0.15, 0.2) is 0 Å². The lowest BCUT2D eigenvalue weighted by atomic mass is 10.1. The molecule has 0 bridgehead atoms. The van der Waals surface area contributed by atoms with Gasteiger partial charge in [-0.3, -0.25) is 14.4 Å². The van der Waals surface area contributed by atoms with Crippen molar-refractivity contribution in [3.05, 3.63) is 33.8 Å². The second-order valence-corrected chi connectivity index (χ2v) is 6.75. The van der Waals surface area contributed by atoms with Crippen LogP contribution in [0.15, 0.2) is 18.2 Å². The van der Waals surface area contributed by atoms with Crippen molar-refractivity contribution in [1.29, 1.82) is 0 Å². The Morgan fingerprint density at radius 1 is 1.32 bits per heavy atom. The average molecular weight is 387 g/mol. The van der Waals surface area contributed by atoms with E-state index in [0.717, 1.165) is 0 Å². The van der Waals surface area contributed by atoms with Crippen molar-refractivity contribution in [2.45, 2.75) is 38.8 Å². The van der Waals surface area contributed by atoms with Gasteiger partial charge >= 0.3 is 5.97 Å². The largest absolute Gasteiger partial charge is 0.463 e. The van der Waals surface area contributed by atoms with Crippen molar-refractivity contribution >= 4 is 41.0 Å². The van der Waals surface area contributed by atoms with Crippen LogP contribution in [-0.2, 0) is 14.3 Å². The number of hydrogen-bond acceptors (Lipinski definition) is 4. The molecule has 2 atom stereocenters. The van der Waals surface area contributed by atoms with Crippen molar-refractivity contribution in [3.63, 3.8) is 0 Å². The second kappa shape index (κ2) is 8.54. The monoisotopic (exact) mass is 386 g/mol. The highest BCUT2D eigenvalue weighted by Crippen LogP contribution is 2.22. The van der Waals surface area contributed by atoms with E-state index in [0.29, 0.717) is 23.0 Å². The number of carbonyl (C=O) groups excluding carboxylic acids is 3. The third-order valence-corrected chi connectivity index (χ3v) is 4.41. The molecule has 1 heterocycles. The summed E-state index contributed by atoms with van der Waals surface area (Å²) in [6, 6.07) is 3.56. The van der Waals surface area contributed by atoms with Gasteiger partial charge in [0.05, 0.1) is 12.5 Å². The van der Waals surface area contributed by atoms with Crippen molar-refractivity contribution in [1.82, 2.24) is 10.2 Å². The molecular formula is C17H20Cl2N2O4. The van der Waals surface area contributed by atoms with Gasteiger partial charge < -0.3 is 15.0 Å². The molecule has 1 fully saturated rings. The Bertz CT molecular complexity index is 660. The van der Waals surface area contributed by atoms with E-state index in [1.165, 1.54) is 23.1 Å². The van der Waals surface area contributed by atoms with E-state index in [9.17, 15) is 14.4 Å². The third-order valence-electron chi connectivity index (χ3n) is 3.97. The van der Waals surface area contributed by atoms with Gasteiger partial charge in [0.2, 0.25) is 5.91 Å². The fourth-order valence-electron chi connectivity index (χ4n) is 2.52. The minimum Gasteiger partial charge on any atom is -0.463 e. The molecule has 0 aliphatic carbocycles.